The second-order valence-electron chi connectivity index (χ2n) is 10.5. The van der Waals surface area contributed by atoms with Crippen LogP contribution < -0.4 is 10.6 Å². The number of hydrogen-bond acceptors (Lipinski definition) is 6. The summed E-state index contributed by atoms with van der Waals surface area (Å²) in [5.41, 5.74) is 5.22. The van der Waals surface area contributed by atoms with Crippen LogP contribution in [0.4, 0.5) is 4.39 Å². The van der Waals surface area contributed by atoms with E-state index in [9.17, 15) is 14.0 Å². The van der Waals surface area contributed by atoms with Gasteiger partial charge in [0, 0.05) is 29.8 Å². The highest BCUT2D eigenvalue weighted by Gasteiger charge is 2.50. The van der Waals surface area contributed by atoms with E-state index in [-0.39, 0.29) is 17.6 Å². The van der Waals surface area contributed by atoms with Crippen LogP contribution in [0.25, 0.3) is 44.5 Å². The van der Waals surface area contributed by atoms with Crippen LogP contribution in [0.3, 0.4) is 0 Å². The number of carbonyl (C=O) groups is 2. The molecule has 208 valence electrons. The van der Waals surface area contributed by atoms with Crippen molar-refractivity contribution in [2.24, 2.45) is 0 Å². The van der Waals surface area contributed by atoms with Crippen molar-refractivity contribution in [3.05, 3.63) is 108 Å². The minimum absolute atomic E-state index is 0.233. The quantitative estimate of drug-likeness (QED) is 0.240. The van der Waals surface area contributed by atoms with Crippen molar-refractivity contribution in [1.29, 1.82) is 0 Å². The molecule has 6 aromatic rings. The number of benzene rings is 3. The summed E-state index contributed by atoms with van der Waals surface area (Å²) in [7, 11) is 1.55. The van der Waals surface area contributed by atoms with Gasteiger partial charge in [-0.3, -0.25) is 14.6 Å². The van der Waals surface area contributed by atoms with Crippen molar-refractivity contribution < 1.29 is 22.8 Å². The number of pyridine rings is 1. The largest absolute Gasteiger partial charge is 0.455 e. The fraction of sp³-hybridized carbons (Fsp3) is 0.152. The van der Waals surface area contributed by atoms with Gasteiger partial charge in [-0.25, -0.2) is 9.37 Å². The minimum atomic E-state index is -0.643. The smallest absolute Gasteiger partial charge is 0.255 e. The number of aryl methyl sites for hydroxylation is 1. The molecule has 0 atom stereocenters. The monoisotopic (exact) mass is 560 g/mol. The predicted octanol–water partition coefficient (Wildman–Crippen LogP) is 6.53. The lowest BCUT2D eigenvalue weighted by Crippen LogP contribution is -2.35. The number of oxazole rings is 1. The van der Waals surface area contributed by atoms with Crippen LogP contribution in [-0.2, 0) is 5.54 Å². The molecule has 3 heterocycles. The van der Waals surface area contributed by atoms with Gasteiger partial charge in [0.1, 0.15) is 28.2 Å². The van der Waals surface area contributed by atoms with Gasteiger partial charge in [-0.2, -0.15) is 0 Å². The number of aromatic nitrogens is 2. The zero-order chi connectivity index (χ0) is 29.0. The molecule has 8 nitrogen and oxygen atoms in total. The molecule has 0 radical (unpaired) electrons. The first-order chi connectivity index (χ1) is 20.3. The van der Waals surface area contributed by atoms with Crippen LogP contribution in [0.1, 0.15) is 45.0 Å². The molecular formula is C33H25FN4O4. The molecule has 3 aromatic carbocycles. The van der Waals surface area contributed by atoms with E-state index < -0.39 is 5.54 Å². The van der Waals surface area contributed by atoms with E-state index in [2.05, 4.69) is 20.6 Å². The average Bonchev–Trinajstić information content (AvgIpc) is 3.48. The first kappa shape index (κ1) is 25.6. The van der Waals surface area contributed by atoms with E-state index in [4.69, 9.17) is 8.83 Å². The Morgan fingerprint density at radius 3 is 2.43 bits per heavy atom. The number of amides is 2. The van der Waals surface area contributed by atoms with Crippen molar-refractivity contribution in [3.8, 4) is 22.5 Å². The van der Waals surface area contributed by atoms with Crippen molar-refractivity contribution in [1.82, 2.24) is 20.6 Å². The van der Waals surface area contributed by atoms with E-state index in [1.54, 1.807) is 49.8 Å². The number of halogens is 1. The summed E-state index contributed by atoms with van der Waals surface area (Å²) in [6.45, 7) is 1.97. The van der Waals surface area contributed by atoms with Crippen LogP contribution in [0.15, 0.2) is 88.0 Å². The number of fused-ring (bicyclic) bond motifs is 2. The zero-order valence-corrected chi connectivity index (χ0v) is 22.8. The second-order valence-corrected chi connectivity index (χ2v) is 10.5. The van der Waals surface area contributed by atoms with Crippen LogP contribution in [-0.4, -0.2) is 28.8 Å². The highest BCUT2D eigenvalue weighted by atomic mass is 19.1. The molecule has 1 aliphatic carbocycles. The van der Waals surface area contributed by atoms with E-state index in [0.29, 0.717) is 50.4 Å². The number of carbonyl (C=O) groups excluding carboxylic acids is 2. The maximum Gasteiger partial charge on any atom is 0.255 e. The van der Waals surface area contributed by atoms with Crippen LogP contribution >= 0.6 is 0 Å². The molecule has 0 saturated heterocycles. The Morgan fingerprint density at radius 2 is 1.69 bits per heavy atom. The maximum atomic E-state index is 13.6. The summed E-state index contributed by atoms with van der Waals surface area (Å²) < 4.78 is 25.6. The highest BCUT2D eigenvalue weighted by molar-refractivity contribution is 6.12. The number of nitrogens with one attached hydrogen (secondary N) is 2. The van der Waals surface area contributed by atoms with Gasteiger partial charge in [-0.15, -0.1) is 0 Å². The third-order valence-corrected chi connectivity index (χ3v) is 7.76. The Balaban J connectivity index is 1.24. The summed E-state index contributed by atoms with van der Waals surface area (Å²) in [6, 6.07) is 18.7. The Labute approximate surface area is 239 Å². The van der Waals surface area contributed by atoms with Gasteiger partial charge in [0.15, 0.2) is 5.58 Å². The minimum Gasteiger partial charge on any atom is -0.455 e. The molecule has 2 N–H and O–H groups in total. The van der Waals surface area contributed by atoms with Crippen LogP contribution in [0, 0.1) is 12.7 Å². The molecule has 2 amide bonds. The normalized spacial score (nSPS) is 13.8. The lowest BCUT2D eigenvalue weighted by molar-refractivity contribution is 0.0922. The van der Waals surface area contributed by atoms with Crippen molar-refractivity contribution >= 4 is 33.9 Å². The molecule has 7 rings (SSSR count). The SMILES string of the molecule is CNC(=O)c1c(-c2ccc(F)cc2)oc2ccc(-c3cc(C(=O)NC4(c5nc6ccncc6o5)CC4)ccc3C)cc12. The standard InChI is InChI=1S/C33H25FN4O4/c1-18-3-4-21(30(39)38-33(12-13-33)32-37-25-11-14-36-17-27(25)42-32)16-23(18)20-7-10-26-24(15-20)28(31(40)35-2)29(41-26)19-5-8-22(34)9-6-19/h3-11,14-17H,12-13H2,1-2H3,(H,35,40)(H,38,39). The predicted molar refractivity (Wildman–Crippen MR) is 155 cm³/mol. The summed E-state index contributed by atoms with van der Waals surface area (Å²) in [6.07, 6.45) is 4.73. The topological polar surface area (TPSA) is 110 Å². The number of furan rings is 1. The third-order valence-electron chi connectivity index (χ3n) is 7.76. The maximum absolute atomic E-state index is 13.6. The summed E-state index contributed by atoms with van der Waals surface area (Å²) in [5.74, 6) is -0.0916. The lowest BCUT2D eigenvalue weighted by Gasteiger charge is -2.15. The van der Waals surface area contributed by atoms with E-state index in [1.807, 2.05) is 31.2 Å². The van der Waals surface area contributed by atoms with Crippen molar-refractivity contribution in [2.75, 3.05) is 7.05 Å². The van der Waals surface area contributed by atoms with Gasteiger partial charge in [0.25, 0.3) is 11.8 Å². The van der Waals surface area contributed by atoms with E-state index >= 15 is 0 Å². The Kier molecular flexibility index (Phi) is 5.90. The first-order valence-electron chi connectivity index (χ1n) is 13.5. The molecule has 42 heavy (non-hydrogen) atoms. The average molecular weight is 561 g/mol. The molecule has 1 fully saturated rings. The Morgan fingerprint density at radius 1 is 0.905 bits per heavy atom. The van der Waals surface area contributed by atoms with Gasteiger partial charge >= 0.3 is 0 Å². The highest BCUT2D eigenvalue weighted by Crippen LogP contribution is 2.46. The van der Waals surface area contributed by atoms with Crippen LogP contribution in [0.5, 0.6) is 0 Å². The fourth-order valence-electron chi connectivity index (χ4n) is 5.29. The van der Waals surface area contributed by atoms with Gasteiger partial charge in [0.2, 0.25) is 5.89 Å². The summed E-state index contributed by atoms with van der Waals surface area (Å²) >= 11 is 0. The van der Waals surface area contributed by atoms with E-state index in [0.717, 1.165) is 29.5 Å². The van der Waals surface area contributed by atoms with Gasteiger partial charge < -0.3 is 19.5 Å². The fourth-order valence-corrected chi connectivity index (χ4v) is 5.29. The second kappa shape index (κ2) is 9.66. The van der Waals surface area contributed by atoms with E-state index in [1.165, 1.54) is 12.1 Å². The third kappa shape index (κ3) is 4.30. The molecule has 1 saturated carbocycles. The summed E-state index contributed by atoms with van der Waals surface area (Å²) in [4.78, 5) is 35.1. The van der Waals surface area contributed by atoms with Gasteiger partial charge in [0.05, 0.1) is 11.8 Å². The molecule has 0 spiro atoms. The molecular weight excluding hydrogens is 535 g/mol. The zero-order valence-electron chi connectivity index (χ0n) is 22.8. The molecule has 1 aliphatic rings. The van der Waals surface area contributed by atoms with Gasteiger partial charge in [-0.05, 0) is 91.1 Å². The van der Waals surface area contributed by atoms with Crippen LogP contribution in [0.2, 0.25) is 0 Å². The number of rotatable bonds is 6. The summed E-state index contributed by atoms with van der Waals surface area (Å²) in [5, 5.41) is 6.43. The van der Waals surface area contributed by atoms with Gasteiger partial charge in [-0.1, -0.05) is 12.1 Å². The van der Waals surface area contributed by atoms with Crippen molar-refractivity contribution in [2.45, 2.75) is 25.3 Å². The Bertz CT molecular complexity index is 1990. The molecule has 0 aliphatic heterocycles. The lowest BCUT2D eigenvalue weighted by atomic mass is 9.95. The molecule has 0 unspecified atom stereocenters. The molecule has 3 aromatic heterocycles. The number of hydrogen-bond donors (Lipinski definition) is 2. The Hall–Kier alpha value is -5.31. The molecule has 9 heteroatoms. The molecule has 0 bridgehead atoms. The first-order valence-corrected chi connectivity index (χ1v) is 13.5. The van der Waals surface area contributed by atoms with Crippen molar-refractivity contribution in [3.63, 3.8) is 0 Å². The number of nitrogens with zero attached hydrogens (tertiary/aromatic N) is 2.